The fourth-order valence-electron chi connectivity index (χ4n) is 1.80. The molecule has 0 atom stereocenters. The number of carbonyl (C=O) groups is 1. The van der Waals surface area contributed by atoms with E-state index in [2.05, 4.69) is 15.9 Å². The average molecular weight is 352 g/mol. The molecule has 3 nitrogen and oxygen atoms in total. The van der Waals surface area contributed by atoms with Crippen LogP contribution in [-0.2, 0) is 0 Å². The molecule has 0 aliphatic rings. The Hall–Kier alpha value is -1.88. The molecule has 0 aromatic heterocycles. The number of hydrogen-bond acceptors (Lipinski definition) is 2. The third-order valence-electron chi connectivity index (χ3n) is 2.91. The standard InChI is InChI=1S/C16H15BrFNO2/c1-19(16(20)12-4-2-5-13(17)10-12)8-9-21-15-7-3-6-14(18)11-15/h2-7,10-11H,8-9H2,1H3. The highest BCUT2D eigenvalue weighted by Gasteiger charge is 2.11. The lowest BCUT2D eigenvalue weighted by Gasteiger charge is -2.17. The van der Waals surface area contributed by atoms with Crippen LogP contribution in [0.25, 0.3) is 0 Å². The number of rotatable bonds is 5. The summed E-state index contributed by atoms with van der Waals surface area (Å²) >= 11 is 3.34. The van der Waals surface area contributed by atoms with Gasteiger partial charge in [-0.15, -0.1) is 0 Å². The molecule has 0 unspecified atom stereocenters. The number of benzene rings is 2. The van der Waals surface area contributed by atoms with Gasteiger partial charge in [0.25, 0.3) is 5.91 Å². The molecule has 0 heterocycles. The Morgan fingerprint density at radius 2 is 2.00 bits per heavy atom. The highest BCUT2D eigenvalue weighted by Crippen LogP contribution is 2.14. The van der Waals surface area contributed by atoms with Crippen molar-refractivity contribution in [3.63, 3.8) is 0 Å². The Morgan fingerprint density at radius 3 is 2.71 bits per heavy atom. The maximum Gasteiger partial charge on any atom is 0.253 e. The van der Waals surface area contributed by atoms with Crippen LogP contribution < -0.4 is 4.74 Å². The zero-order valence-corrected chi connectivity index (χ0v) is 13.1. The maximum absolute atomic E-state index is 13.0. The van der Waals surface area contributed by atoms with E-state index in [4.69, 9.17) is 4.74 Å². The van der Waals surface area contributed by atoms with Gasteiger partial charge < -0.3 is 9.64 Å². The SMILES string of the molecule is CN(CCOc1cccc(F)c1)C(=O)c1cccc(Br)c1. The van der Waals surface area contributed by atoms with Crippen molar-refractivity contribution >= 4 is 21.8 Å². The van der Waals surface area contributed by atoms with E-state index in [1.54, 1.807) is 36.2 Å². The molecule has 2 aromatic rings. The van der Waals surface area contributed by atoms with E-state index < -0.39 is 0 Å². The molecular formula is C16H15BrFNO2. The molecule has 0 saturated carbocycles. The monoisotopic (exact) mass is 351 g/mol. The van der Waals surface area contributed by atoms with Crippen LogP contribution in [0.15, 0.2) is 53.0 Å². The fourth-order valence-corrected chi connectivity index (χ4v) is 2.20. The molecule has 2 aromatic carbocycles. The second-order valence-electron chi connectivity index (χ2n) is 4.54. The van der Waals surface area contributed by atoms with E-state index in [1.165, 1.54) is 12.1 Å². The van der Waals surface area contributed by atoms with Gasteiger partial charge in [-0.25, -0.2) is 4.39 Å². The average Bonchev–Trinajstić information content (AvgIpc) is 2.46. The van der Waals surface area contributed by atoms with Crippen LogP contribution in [0.2, 0.25) is 0 Å². The van der Waals surface area contributed by atoms with Crippen LogP contribution in [0.4, 0.5) is 4.39 Å². The number of amides is 1. The number of likely N-dealkylation sites (N-methyl/N-ethyl adjacent to an activating group) is 1. The van der Waals surface area contributed by atoms with Crippen LogP contribution >= 0.6 is 15.9 Å². The largest absolute Gasteiger partial charge is 0.492 e. The van der Waals surface area contributed by atoms with Gasteiger partial charge in [-0.1, -0.05) is 28.1 Å². The van der Waals surface area contributed by atoms with Gasteiger partial charge in [-0.2, -0.15) is 0 Å². The van der Waals surface area contributed by atoms with Crippen molar-refractivity contribution in [3.05, 3.63) is 64.4 Å². The first-order valence-electron chi connectivity index (χ1n) is 6.45. The van der Waals surface area contributed by atoms with E-state index in [0.717, 1.165) is 4.47 Å². The molecule has 5 heteroatoms. The van der Waals surface area contributed by atoms with Gasteiger partial charge in [0, 0.05) is 23.2 Å². The molecule has 1 amide bonds. The predicted octanol–water partition coefficient (Wildman–Crippen LogP) is 3.74. The van der Waals surface area contributed by atoms with Gasteiger partial charge in [0.2, 0.25) is 0 Å². The molecule has 0 radical (unpaired) electrons. The second-order valence-corrected chi connectivity index (χ2v) is 5.46. The number of carbonyl (C=O) groups excluding carboxylic acids is 1. The maximum atomic E-state index is 13.0. The molecule has 0 spiro atoms. The first kappa shape index (κ1) is 15.5. The number of halogens is 2. The lowest BCUT2D eigenvalue weighted by Crippen LogP contribution is -2.30. The minimum absolute atomic E-state index is 0.0841. The van der Waals surface area contributed by atoms with Crippen molar-refractivity contribution < 1.29 is 13.9 Å². The van der Waals surface area contributed by atoms with Crippen molar-refractivity contribution in [2.75, 3.05) is 20.2 Å². The molecule has 0 aliphatic heterocycles. The summed E-state index contributed by atoms with van der Waals surface area (Å²) in [6.07, 6.45) is 0. The summed E-state index contributed by atoms with van der Waals surface area (Å²) in [6, 6.07) is 13.1. The fraction of sp³-hybridized carbons (Fsp3) is 0.188. The Morgan fingerprint density at radius 1 is 1.24 bits per heavy atom. The van der Waals surface area contributed by atoms with Crippen molar-refractivity contribution in [1.82, 2.24) is 4.90 Å². The smallest absolute Gasteiger partial charge is 0.253 e. The van der Waals surface area contributed by atoms with Crippen molar-refractivity contribution in [2.24, 2.45) is 0 Å². The van der Waals surface area contributed by atoms with Crippen LogP contribution in [0, 0.1) is 5.82 Å². The summed E-state index contributed by atoms with van der Waals surface area (Å²) in [7, 11) is 1.71. The molecule has 0 N–H and O–H groups in total. The first-order chi connectivity index (χ1) is 10.1. The lowest BCUT2D eigenvalue weighted by atomic mass is 10.2. The Bertz CT molecular complexity index is 633. The summed E-state index contributed by atoms with van der Waals surface area (Å²) in [6.45, 7) is 0.724. The van der Waals surface area contributed by atoms with Crippen LogP contribution in [0.1, 0.15) is 10.4 Å². The summed E-state index contributed by atoms with van der Waals surface area (Å²) in [4.78, 5) is 13.8. The van der Waals surface area contributed by atoms with Gasteiger partial charge in [-0.3, -0.25) is 4.79 Å². The van der Waals surface area contributed by atoms with E-state index >= 15 is 0 Å². The first-order valence-corrected chi connectivity index (χ1v) is 7.25. The van der Waals surface area contributed by atoms with Gasteiger partial charge in [0.1, 0.15) is 18.2 Å². The zero-order chi connectivity index (χ0) is 15.2. The summed E-state index contributed by atoms with van der Waals surface area (Å²) in [5.41, 5.74) is 0.609. The topological polar surface area (TPSA) is 29.5 Å². The molecule has 110 valence electrons. The zero-order valence-electron chi connectivity index (χ0n) is 11.6. The Labute approximate surface area is 131 Å². The predicted molar refractivity (Wildman–Crippen MR) is 83.0 cm³/mol. The van der Waals surface area contributed by atoms with Gasteiger partial charge in [0.15, 0.2) is 0 Å². The van der Waals surface area contributed by atoms with Gasteiger partial charge in [0.05, 0.1) is 6.54 Å². The summed E-state index contributed by atoms with van der Waals surface area (Å²) < 4.78 is 19.3. The van der Waals surface area contributed by atoms with E-state index in [1.807, 2.05) is 12.1 Å². The normalized spacial score (nSPS) is 10.2. The van der Waals surface area contributed by atoms with Gasteiger partial charge in [-0.05, 0) is 30.3 Å². The second kappa shape index (κ2) is 7.22. The summed E-state index contributed by atoms with van der Waals surface area (Å²) in [5, 5.41) is 0. The minimum Gasteiger partial charge on any atom is -0.492 e. The number of hydrogen-bond donors (Lipinski definition) is 0. The van der Waals surface area contributed by atoms with Crippen LogP contribution in [0.3, 0.4) is 0 Å². The number of nitrogens with zero attached hydrogens (tertiary/aromatic N) is 1. The Balaban J connectivity index is 1.87. The quantitative estimate of drug-likeness (QED) is 0.821. The van der Waals surface area contributed by atoms with Crippen LogP contribution in [-0.4, -0.2) is 31.0 Å². The molecule has 2 rings (SSSR count). The highest BCUT2D eigenvalue weighted by atomic mass is 79.9. The molecular weight excluding hydrogens is 337 g/mol. The minimum atomic E-state index is -0.342. The van der Waals surface area contributed by atoms with E-state index in [-0.39, 0.29) is 11.7 Å². The third kappa shape index (κ3) is 4.56. The molecule has 0 aliphatic carbocycles. The third-order valence-corrected chi connectivity index (χ3v) is 3.40. The molecule has 21 heavy (non-hydrogen) atoms. The lowest BCUT2D eigenvalue weighted by molar-refractivity contribution is 0.0773. The molecule has 0 fully saturated rings. The van der Waals surface area contributed by atoms with Crippen molar-refractivity contribution in [1.29, 1.82) is 0 Å². The highest BCUT2D eigenvalue weighted by molar-refractivity contribution is 9.10. The van der Waals surface area contributed by atoms with E-state index in [0.29, 0.717) is 24.5 Å². The molecule has 0 saturated heterocycles. The van der Waals surface area contributed by atoms with Crippen molar-refractivity contribution in [3.8, 4) is 5.75 Å². The Kier molecular flexibility index (Phi) is 5.33. The molecule has 0 bridgehead atoms. The number of ether oxygens (including phenoxy) is 1. The van der Waals surface area contributed by atoms with Crippen molar-refractivity contribution in [2.45, 2.75) is 0 Å². The van der Waals surface area contributed by atoms with Crippen LogP contribution in [0.5, 0.6) is 5.75 Å². The van der Waals surface area contributed by atoms with E-state index in [9.17, 15) is 9.18 Å². The van der Waals surface area contributed by atoms with Gasteiger partial charge >= 0.3 is 0 Å². The summed E-state index contributed by atoms with van der Waals surface area (Å²) in [5.74, 6) is 0.0310.